The third kappa shape index (κ3) is 5.37. The Morgan fingerprint density at radius 1 is 1.28 bits per heavy atom. The van der Waals surface area contributed by atoms with E-state index in [1.165, 1.54) is 13.3 Å². The van der Waals surface area contributed by atoms with Gasteiger partial charge in [-0.05, 0) is 42.3 Å². The number of halogens is 2. The highest BCUT2D eigenvalue weighted by molar-refractivity contribution is 6.32. The lowest BCUT2D eigenvalue weighted by molar-refractivity contribution is 0.0955. The van der Waals surface area contributed by atoms with E-state index in [1.54, 1.807) is 36.4 Å². The summed E-state index contributed by atoms with van der Waals surface area (Å²) >= 11 is 12.1. The fourth-order valence-corrected chi connectivity index (χ4v) is 2.48. The zero-order valence-electron chi connectivity index (χ0n) is 13.9. The summed E-state index contributed by atoms with van der Waals surface area (Å²) in [6.07, 6.45) is 2.33. The summed E-state index contributed by atoms with van der Waals surface area (Å²) in [5.41, 5.74) is 3.52. The van der Waals surface area contributed by atoms with Crippen molar-refractivity contribution in [3.8, 4) is 11.5 Å². The maximum absolute atomic E-state index is 12.0. The van der Waals surface area contributed by atoms with Crippen LogP contribution in [-0.4, -0.2) is 25.8 Å². The van der Waals surface area contributed by atoms with E-state index in [0.29, 0.717) is 39.3 Å². The van der Waals surface area contributed by atoms with Crippen LogP contribution >= 0.6 is 23.2 Å². The van der Waals surface area contributed by atoms with Crippen LogP contribution < -0.4 is 14.9 Å². The molecule has 2 aromatic rings. The number of hydrazone groups is 1. The van der Waals surface area contributed by atoms with E-state index in [4.69, 9.17) is 32.7 Å². The van der Waals surface area contributed by atoms with Gasteiger partial charge in [-0.1, -0.05) is 36.2 Å². The molecule has 0 heterocycles. The van der Waals surface area contributed by atoms with Gasteiger partial charge in [0.2, 0.25) is 0 Å². The summed E-state index contributed by atoms with van der Waals surface area (Å²) in [4.78, 5) is 12.0. The lowest BCUT2D eigenvalue weighted by Crippen LogP contribution is -2.17. The van der Waals surface area contributed by atoms with Gasteiger partial charge in [-0.2, -0.15) is 5.10 Å². The number of hydrogen-bond acceptors (Lipinski definition) is 4. The van der Waals surface area contributed by atoms with Crippen LogP contribution in [0.4, 0.5) is 0 Å². The summed E-state index contributed by atoms with van der Waals surface area (Å²) in [6, 6.07) is 10.0. The van der Waals surface area contributed by atoms with E-state index < -0.39 is 0 Å². The topological polar surface area (TPSA) is 59.9 Å². The van der Waals surface area contributed by atoms with E-state index in [9.17, 15) is 4.79 Å². The highest BCUT2D eigenvalue weighted by Crippen LogP contribution is 2.36. The molecule has 132 valence electrons. The smallest absolute Gasteiger partial charge is 0.271 e. The molecule has 2 rings (SSSR count). The Labute approximate surface area is 156 Å². The second kappa shape index (κ2) is 9.30. The first-order chi connectivity index (χ1) is 12.0. The predicted octanol–water partition coefficient (Wildman–Crippen LogP) is 4.55. The fourth-order valence-electron chi connectivity index (χ4n) is 2.02. The molecule has 2 aromatic carbocycles. The third-order valence-corrected chi connectivity index (χ3v) is 3.68. The minimum atomic E-state index is -0.361. The summed E-state index contributed by atoms with van der Waals surface area (Å²) < 4.78 is 10.9. The monoisotopic (exact) mass is 380 g/mol. The molecule has 25 heavy (non-hydrogen) atoms. The maximum atomic E-state index is 12.0. The highest BCUT2D eigenvalue weighted by Gasteiger charge is 2.11. The van der Waals surface area contributed by atoms with E-state index in [1.807, 2.05) is 6.92 Å². The van der Waals surface area contributed by atoms with Crippen LogP contribution in [0.1, 0.15) is 29.3 Å². The molecule has 0 saturated carbocycles. The number of rotatable bonds is 7. The van der Waals surface area contributed by atoms with Crippen molar-refractivity contribution in [3.63, 3.8) is 0 Å². The van der Waals surface area contributed by atoms with Crippen LogP contribution in [0.3, 0.4) is 0 Å². The minimum absolute atomic E-state index is 0.361. The van der Waals surface area contributed by atoms with Crippen molar-refractivity contribution in [1.29, 1.82) is 0 Å². The molecular formula is C18H18Cl2N2O3. The Bertz CT molecular complexity index is 779. The van der Waals surface area contributed by atoms with Crippen LogP contribution in [0.25, 0.3) is 0 Å². The molecule has 1 N–H and O–H groups in total. The molecule has 7 heteroatoms. The molecule has 0 saturated heterocycles. The SMILES string of the molecule is CCCOc1c(Cl)cc(/C=N\NC(=O)c2cccc(Cl)c2)cc1OC. The van der Waals surface area contributed by atoms with Crippen LogP contribution in [0, 0.1) is 0 Å². The van der Waals surface area contributed by atoms with Crippen LogP contribution in [0.2, 0.25) is 10.0 Å². The zero-order valence-corrected chi connectivity index (χ0v) is 15.4. The van der Waals surface area contributed by atoms with Crippen molar-refractivity contribution in [3.05, 3.63) is 57.6 Å². The Morgan fingerprint density at radius 2 is 2.08 bits per heavy atom. The molecule has 0 radical (unpaired) electrons. The molecule has 0 fully saturated rings. The molecule has 0 aliphatic carbocycles. The van der Waals surface area contributed by atoms with Crippen molar-refractivity contribution in [2.45, 2.75) is 13.3 Å². The molecule has 0 spiro atoms. The standard InChI is InChI=1S/C18H18Cl2N2O3/c1-3-7-25-17-15(20)8-12(9-16(17)24-2)11-21-22-18(23)13-5-4-6-14(19)10-13/h4-6,8-11H,3,7H2,1-2H3,(H,22,23)/b21-11-. The number of hydrogen-bond donors (Lipinski definition) is 1. The third-order valence-electron chi connectivity index (χ3n) is 3.17. The van der Waals surface area contributed by atoms with Crippen molar-refractivity contribution in [2.24, 2.45) is 5.10 Å². The van der Waals surface area contributed by atoms with Gasteiger partial charge in [0, 0.05) is 10.6 Å². The molecule has 1 amide bonds. The van der Waals surface area contributed by atoms with Crippen molar-refractivity contribution >= 4 is 35.3 Å². The second-order valence-electron chi connectivity index (χ2n) is 5.09. The average Bonchev–Trinajstić information content (AvgIpc) is 2.60. The van der Waals surface area contributed by atoms with Gasteiger partial charge in [0.25, 0.3) is 5.91 Å². The second-order valence-corrected chi connectivity index (χ2v) is 5.94. The Morgan fingerprint density at radius 3 is 2.76 bits per heavy atom. The van der Waals surface area contributed by atoms with Gasteiger partial charge in [-0.15, -0.1) is 0 Å². The predicted molar refractivity (Wildman–Crippen MR) is 100 cm³/mol. The number of nitrogens with zero attached hydrogens (tertiary/aromatic N) is 1. The number of carbonyl (C=O) groups is 1. The van der Waals surface area contributed by atoms with Crippen molar-refractivity contribution in [2.75, 3.05) is 13.7 Å². The van der Waals surface area contributed by atoms with Gasteiger partial charge in [-0.3, -0.25) is 4.79 Å². The van der Waals surface area contributed by atoms with Gasteiger partial charge in [-0.25, -0.2) is 5.43 Å². The molecule has 0 aliphatic rings. The van der Waals surface area contributed by atoms with Gasteiger partial charge in [0.1, 0.15) is 0 Å². The average molecular weight is 381 g/mol. The minimum Gasteiger partial charge on any atom is -0.493 e. The molecular weight excluding hydrogens is 363 g/mol. The molecule has 0 aromatic heterocycles. The number of benzene rings is 2. The van der Waals surface area contributed by atoms with Crippen LogP contribution in [0.5, 0.6) is 11.5 Å². The van der Waals surface area contributed by atoms with Gasteiger partial charge >= 0.3 is 0 Å². The Hall–Kier alpha value is -2.24. The van der Waals surface area contributed by atoms with Crippen LogP contribution in [-0.2, 0) is 0 Å². The molecule has 0 unspecified atom stereocenters. The number of ether oxygens (including phenoxy) is 2. The first-order valence-electron chi connectivity index (χ1n) is 7.64. The van der Waals surface area contributed by atoms with E-state index >= 15 is 0 Å². The first kappa shape index (κ1) is 19.1. The van der Waals surface area contributed by atoms with Crippen molar-refractivity contribution < 1.29 is 14.3 Å². The zero-order chi connectivity index (χ0) is 18.2. The number of methoxy groups -OCH3 is 1. The summed E-state index contributed by atoms with van der Waals surface area (Å²) in [5, 5.41) is 4.83. The lowest BCUT2D eigenvalue weighted by atomic mass is 10.2. The van der Waals surface area contributed by atoms with E-state index in [2.05, 4.69) is 10.5 Å². The number of nitrogens with one attached hydrogen (secondary N) is 1. The summed E-state index contributed by atoms with van der Waals surface area (Å²) in [5.74, 6) is 0.634. The first-order valence-corrected chi connectivity index (χ1v) is 8.40. The maximum Gasteiger partial charge on any atom is 0.271 e. The molecule has 0 bridgehead atoms. The quantitative estimate of drug-likeness (QED) is 0.565. The van der Waals surface area contributed by atoms with Gasteiger partial charge < -0.3 is 9.47 Å². The Kier molecular flexibility index (Phi) is 7.10. The van der Waals surface area contributed by atoms with E-state index in [0.717, 1.165) is 6.42 Å². The summed E-state index contributed by atoms with van der Waals surface area (Å²) in [6.45, 7) is 2.54. The highest BCUT2D eigenvalue weighted by atomic mass is 35.5. The van der Waals surface area contributed by atoms with E-state index in [-0.39, 0.29) is 5.91 Å². The number of amides is 1. The van der Waals surface area contributed by atoms with Gasteiger partial charge in [0.15, 0.2) is 11.5 Å². The largest absolute Gasteiger partial charge is 0.493 e. The summed E-state index contributed by atoms with van der Waals surface area (Å²) in [7, 11) is 1.53. The molecule has 5 nitrogen and oxygen atoms in total. The van der Waals surface area contributed by atoms with Crippen molar-refractivity contribution in [1.82, 2.24) is 5.43 Å². The van der Waals surface area contributed by atoms with Crippen LogP contribution in [0.15, 0.2) is 41.5 Å². The molecule has 0 aliphatic heterocycles. The lowest BCUT2D eigenvalue weighted by Gasteiger charge is -2.12. The Balaban J connectivity index is 2.10. The normalized spacial score (nSPS) is 10.7. The molecule has 0 atom stereocenters. The van der Waals surface area contributed by atoms with Gasteiger partial charge in [0.05, 0.1) is 25.0 Å². The fraction of sp³-hybridized carbons (Fsp3) is 0.222. The number of carbonyl (C=O) groups excluding carboxylic acids is 1.